The summed E-state index contributed by atoms with van der Waals surface area (Å²) in [5, 5.41) is 1.14. The number of pyridine rings is 1. The fourth-order valence-corrected chi connectivity index (χ4v) is 4.89. The number of aromatic nitrogens is 1. The molecule has 1 fully saturated rings. The summed E-state index contributed by atoms with van der Waals surface area (Å²) < 4.78 is 26.8. The SMILES string of the molecule is Cc1cc(-c2ccc(S(=O)(=O)N3CCCC3)cc2)nc2ccccc12. The first-order chi connectivity index (χ1) is 12.1. The van der Waals surface area contributed by atoms with Gasteiger partial charge in [-0.25, -0.2) is 13.4 Å². The van der Waals surface area contributed by atoms with Crippen molar-refractivity contribution in [3.8, 4) is 11.3 Å². The Morgan fingerprint density at radius 2 is 1.64 bits per heavy atom. The molecule has 4 nitrogen and oxygen atoms in total. The Hall–Kier alpha value is -2.24. The lowest BCUT2D eigenvalue weighted by molar-refractivity contribution is 0.477. The van der Waals surface area contributed by atoms with Crippen molar-refractivity contribution in [2.45, 2.75) is 24.7 Å². The molecule has 0 unspecified atom stereocenters. The summed E-state index contributed by atoms with van der Waals surface area (Å²) in [6, 6.07) is 17.2. The molecule has 0 radical (unpaired) electrons. The summed E-state index contributed by atoms with van der Waals surface area (Å²) in [7, 11) is -3.37. The largest absolute Gasteiger partial charge is 0.248 e. The first kappa shape index (κ1) is 16.2. The third-order valence-electron chi connectivity index (χ3n) is 4.78. The maximum atomic E-state index is 12.6. The van der Waals surface area contributed by atoms with Gasteiger partial charge < -0.3 is 0 Å². The van der Waals surface area contributed by atoms with Crippen LogP contribution in [0.3, 0.4) is 0 Å². The number of hydrogen-bond donors (Lipinski definition) is 0. The van der Waals surface area contributed by atoms with Gasteiger partial charge in [0.2, 0.25) is 10.0 Å². The van der Waals surface area contributed by atoms with Gasteiger partial charge in [0.15, 0.2) is 0 Å². The van der Waals surface area contributed by atoms with Crippen LogP contribution in [0.5, 0.6) is 0 Å². The maximum absolute atomic E-state index is 12.6. The van der Waals surface area contributed by atoms with Gasteiger partial charge in [-0.3, -0.25) is 0 Å². The van der Waals surface area contributed by atoms with E-state index in [0.717, 1.165) is 40.6 Å². The minimum atomic E-state index is -3.37. The summed E-state index contributed by atoms with van der Waals surface area (Å²) in [5.74, 6) is 0. The Morgan fingerprint density at radius 3 is 2.36 bits per heavy atom. The molecule has 0 saturated carbocycles. The van der Waals surface area contributed by atoms with E-state index in [1.807, 2.05) is 36.4 Å². The summed E-state index contributed by atoms with van der Waals surface area (Å²) in [4.78, 5) is 5.07. The zero-order valence-corrected chi connectivity index (χ0v) is 15.0. The average Bonchev–Trinajstić information content (AvgIpc) is 3.17. The molecule has 1 aromatic heterocycles. The third kappa shape index (κ3) is 2.94. The van der Waals surface area contributed by atoms with E-state index in [2.05, 4.69) is 13.0 Å². The molecule has 1 saturated heterocycles. The van der Waals surface area contributed by atoms with Crippen LogP contribution in [0.4, 0.5) is 0 Å². The number of hydrogen-bond acceptors (Lipinski definition) is 3. The molecule has 0 atom stereocenters. The molecule has 1 aliphatic heterocycles. The van der Waals surface area contributed by atoms with Crippen molar-refractivity contribution < 1.29 is 8.42 Å². The van der Waals surface area contributed by atoms with Crippen LogP contribution >= 0.6 is 0 Å². The Labute approximate surface area is 148 Å². The van der Waals surface area contributed by atoms with E-state index in [4.69, 9.17) is 4.98 Å². The molecule has 2 heterocycles. The second-order valence-electron chi connectivity index (χ2n) is 6.48. The summed E-state index contributed by atoms with van der Waals surface area (Å²) in [6.07, 6.45) is 1.88. The Balaban J connectivity index is 1.71. The number of aryl methyl sites for hydroxylation is 1. The van der Waals surface area contributed by atoms with E-state index in [-0.39, 0.29) is 0 Å². The Kier molecular flexibility index (Phi) is 4.06. The average molecular weight is 352 g/mol. The molecule has 1 aliphatic rings. The minimum Gasteiger partial charge on any atom is -0.248 e. The van der Waals surface area contributed by atoms with Crippen LogP contribution in [-0.2, 0) is 10.0 Å². The summed E-state index contributed by atoms with van der Waals surface area (Å²) >= 11 is 0. The molecule has 0 amide bonds. The third-order valence-corrected chi connectivity index (χ3v) is 6.69. The van der Waals surface area contributed by atoms with Crippen molar-refractivity contribution in [2.24, 2.45) is 0 Å². The lowest BCUT2D eigenvalue weighted by Crippen LogP contribution is -2.27. The highest BCUT2D eigenvalue weighted by atomic mass is 32.2. The van der Waals surface area contributed by atoms with Crippen LogP contribution in [0.15, 0.2) is 59.5 Å². The highest BCUT2D eigenvalue weighted by Gasteiger charge is 2.26. The second-order valence-corrected chi connectivity index (χ2v) is 8.42. The van der Waals surface area contributed by atoms with E-state index in [9.17, 15) is 8.42 Å². The van der Waals surface area contributed by atoms with Gasteiger partial charge in [0.05, 0.1) is 16.1 Å². The topological polar surface area (TPSA) is 50.3 Å². The number of benzene rings is 2. The molecule has 2 aromatic carbocycles. The number of nitrogens with zero attached hydrogens (tertiary/aromatic N) is 2. The molecule has 25 heavy (non-hydrogen) atoms. The van der Waals surface area contributed by atoms with Gasteiger partial charge in [0.25, 0.3) is 0 Å². The zero-order valence-electron chi connectivity index (χ0n) is 14.1. The molecule has 0 N–H and O–H groups in total. The minimum absolute atomic E-state index is 0.357. The summed E-state index contributed by atoms with van der Waals surface area (Å²) in [6.45, 7) is 3.31. The highest BCUT2D eigenvalue weighted by molar-refractivity contribution is 7.89. The van der Waals surface area contributed by atoms with E-state index < -0.39 is 10.0 Å². The second kappa shape index (κ2) is 6.24. The Bertz CT molecular complexity index is 1020. The van der Waals surface area contributed by atoms with E-state index >= 15 is 0 Å². The molecular formula is C20H20N2O2S. The monoisotopic (exact) mass is 352 g/mol. The zero-order chi connectivity index (χ0) is 17.4. The highest BCUT2D eigenvalue weighted by Crippen LogP contribution is 2.27. The van der Waals surface area contributed by atoms with E-state index in [1.165, 1.54) is 0 Å². The molecule has 0 aliphatic carbocycles. The van der Waals surface area contributed by atoms with Crippen LogP contribution in [0.25, 0.3) is 22.2 Å². The van der Waals surface area contributed by atoms with Gasteiger partial charge in [-0.2, -0.15) is 4.31 Å². The van der Waals surface area contributed by atoms with Crippen LogP contribution in [0.1, 0.15) is 18.4 Å². The van der Waals surface area contributed by atoms with Crippen molar-refractivity contribution in [1.29, 1.82) is 0 Å². The maximum Gasteiger partial charge on any atom is 0.243 e. The predicted molar refractivity (Wildman–Crippen MR) is 99.9 cm³/mol. The van der Waals surface area contributed by atoms with E-state index in [1.54, 1.807) is 16.4 Å². The smallest absolute Gasteiger partial charge is 0.243 e. The van der Waals surface area contributed by atoms with Gasteiger partial charge in [-0.05, 0) is 49.6 Å². The predicted octanol–water partition coefficient (Wildman–Crippen LogP) is 3.99. The number of sulfonamides is 1. The fourth-order valence-electron chi connectivity index (χ4n) is 3.37. The molecule has 3 aromatic rings. The van der Waals surface area contributed by atoms with E-state index in [0.29, 0.717) is 18.0 Å². The van der Waals surface area contributed by atoms with Gasteiger partial charge in [0.1, 0.15) is 0 Å². The normalized spacial score (nSPS) is 15.7. The number of rotatable bonds is 3. The molecule has 5 heteroatoms. The van der Waals surface area contributed by atoms with Crippen LogP contribution in [0, 0.1) is 6.92 Å². The number of para-hydroxylation sites is 1. The van der Waals surface area contributed by atoms with Crippen molar-refractivity contribution in [2.75, 3.05) is 13.1 Å². The van der Waals surface area contributed by atoms with Crippen molar-refractivity contribution in [1.82, 2.24) is 9.29 Å². The van der Waals surface area contributed by atoms with Gasteiger partial charge >= 0.3 is 0 Å². The summed E-state index contributed by atoms with van der Waals surface area (Å²) in [5.41, 5.74) is 3.90. The first-order valence-electron chi connectivity index (χ1n) is 8.53. The quantitative estimate of drug-likeness (QED) is 0.716. The van der Waals surface area contributed by atoms with Gasteiger partial charge in [0, 0.05) is 24.0 Å². The molecule has 0 spiro atoms. The first-order valence-corrected chi connectivity index (χ1v) is 9.97. The Morgan fingerprint density at radius 1 is 0.960 bits per heavy atom. The standard InChI is InChI=1S/C20H20N2O2S/c1-15-14-20(21-19-7-3-2-6-18(15)19)16-8-10-17(11-9-16)25(23,24)22-12-4-5-13-22/h2-3,6-11,14H,4-5,12-13H2,1H3. The molecule has 0 bridgehead atoms. The van der Waals surface area contributed by atoms with Crippen molar-refractivity contribution >= 4 is 20.9 Å². The lowest BCUT2D eigenvalue weighted by atomic mass is 10.1. The number of fused-ring (bicyclic) bond motifs is 1. The molecule has 128 valence electrons. The van der Waals surface area contributed by atoms with Gasteiger partial charge in [-0.1, -0.05) is 30.3 Å². The van der Waals surface area contributed by atoms with Crippen LogP contribution in [0.2, 0.25) is 0 Å². The molecule has 4 rings (SSSR count). The van der Waals surface area contributed by atoms with Crippen LogP contribution in [-0.4, -0.2) is 30.8 Å². The van der Waals surface area contributed by atoms with Crippen LogP contribution < -0.4 is 0 Å². The van der Waals surface area contributed by atoms with Crippen molar-refractivity contribution in [3.63, 3.8) is 0 Å². The van der Waals surface area contributed by atoms with Gasteiger partial charge in [-0.15, -0.1) is 0 Å². The lowest BCUT2D eigenvalue weighted by Gasteiger charge is -2.15. The van der Waals surface area contributed by atoms with Crippen molar-refractivity contribution in [3.05, 3.63) is 60.2 Å². The molecular weight excluding hydrogens is 332 g/mol. The fraction of sp³-hybridized carbons (Fsp3) is 0.250.